The summed E-state index contributed by atoms with van der Waals surface area (Å²) in [6.07, 6.45) is 3.50. The number of pyridine rings is 1. The number of hydrogen-bond acceptors (Lipinski definition) is 8. The Kier molecular flexibility index (Phi) is 5.40. The number of aromatic nitrogens is 3. The first-order chi connectivity index (χ1) is 16.1. The fourth-order valence-electron chi connectivity index (χ4n) is 4.81. The molecule has 1 aromatic carbocycles. The van der Waals surface area contributed by atoms with E-state index in [1.54, 1.807) is 0 Å². The molecule has 2 aromatic heterocycles. The van der Waals surface area contributed by atoms with Crippen molar-refractivity contribution in [2.75, 3.05) is 43.1 Å². The molecule has 0 spiro atoms. The molecule has 2 bridgehead atoms. The van der Waals surface area contributed by atoms with E-state index in [9.17, 15) is 4.39 Å². The van der Waals surface area contributed by atoms with Crippen LogP contribution in [0.25, 0.3) is 11.0 Å². The van der Waals surface area contributed by atoms with E-state index in [0.29, 0.717) is 58.8 Å². The van der Waals surface area contributed by atoms with Crippen LogP contribution >= 0.6 is 11.6 Å². The number of hydrogen-bond donors (Lipinski definition) is 2. The Morgan fingerprint density at radius 2 is 2.24 bits per heavy atom. The lowest BCUT2D eigenvalue weighted by molar-refractivity contribution is 0.167. The summed E-state index contributed by atoms with van der Waals surface area (Å²) in [5, 5.41) is 6.88. The summed E-state index contributed by atoms with van der Waals surface area (Å²) in [5.74, 6) is 1.44. The van der Waals surface area contributed by atoms with Gasteiger partial charge in [0.15, 0.2) is 5.82 Å². The van der Waals surface area contributed by atoms with Crippen LogP contribution in [0.5, 0.6) is 5.75 Å². The van der Waals surface area contributed by atoms with Crippen molar-refractivity contribution in [1.82, 2.24) is 20.3 Å². The zero-order chi connectivity index (χ0) is 22.4. The van der Waals surface area contributed by atoms with E-state index in [1.807, 2.05) is 12.1 Å². The second kappa shape index (κ2) is 8.55. The number of fused-ring (bicyclic) bond motifs is 3. The summed E-state index contributed by atoms with van der Waals surface area (Å²) in [5.41, 5.74) is 1.47. The summed E-state index contributed by atoms with van der Waals surface area (Å²) in [6.45, 7) is 3.73. The van der Waals surface area contributed by atoms with Crippen LogP contribution < -0.4 is 20.3 Å². The summed E-state index contributed by atoms with van der Waals surface area (Å²) in [7, 11) is 0. The van der Waals surface area contributed by atoms with Crippen LogP contribution in [-0.4, -0.2) is 59.9 Å². The van der Waals surface area contributed by atoms with Crippen LogP contribution in [0.4, 0.5) is 21.7 Å². The second-order valence-electron chi connectivity index (χ2n) is 8.83. The van der Waals surface area contributed by atoms with Crippen LogP contribution in [0.15, 0.2) is 30.6 Å². The van der Waals surface area contributed by atoms with E-state index >= 15 is 0 Å². The molecule has 3 aromatic rings. The van der Waals surface area contributed by atoms with E-state index < -0.39 is 5.82 Å². The average Bonchev–Trinajstić information content (AvgIpc) is 3.59. The van der Waals surface area contributed by atoms with Gasteiger partial charge in [-0.25, -0.2) is 19.3 Å². The molecule has 0 saturated carbocycles. The van der Waals surface area contributed by atoms with Gasteiger partial charge < -0.3 is 25.0 Å². The molecule has 2 N–H and O–H groups in total. The minimum Gasteiger partial charge on any atom is -0.492 e. The number of rotatable bonds is 6. The van der Waals surface area contributed by atoms with Crippen molar-refractivity contribution >= 4 is 40.0 Å². The lowest BCUT2D eigenvalue weighted by Crippen LogP contribution is -2.44. The Labute approximate surface area is 195 Å². The Balaban J connectivity index is 1.26. The number of piperazine rings is 1. The van der Waals surface area contributed by atoms with Crippen molar-refractivity contribution in [2.45, 2.75) is 24.9 Å². The molecule has 0 aliphatic carbocycles. The summed E-state index contributed by atoms with van der Waals surface area (Å²) in [6, 6.07) is 7.68. The highest BCUT2D eigenvalue weighted by Gasteiger charge is 2.38. The molecule has 0 radical (unpaired) electrons. The minimum absolute atomic E-state index is 0.202. The maximum atomic E-state index is 14.9. The van der Waals surface area contributed by atoms with E-state index in [0.717, 1.165) is 38.4 Å². The van der Waals surface area contributed by atoms with E-state index in [-0.39, 0.29) is 5.69 Å². The van der Waals surface area contributed by atoms with Crippen molar-refractivity contribution in [1.29, 1.82) is 0 Å². The highest BCUT2D eigenvalue weighted by Crippen LogP contribution is 2.34. The molecule has 3 fully saturated rings. The smallest absolute Gasteiger partial charge is 0.160 e. The molecule has 33 heavy (non-hydrogen) atoms. The summed E-state index contributed by atoms with van der Waals surface area (Å²) < 4.78 is 26.0. The van der Waals surface area contributed by atoms with Gasteiger partial charge in [-0.2, -0.15) is 0 Å². The highest BCUT2D eigenvalue weighted by atomic mass is 35.5. The fraction of sp³-hybridized carbons (Fsp3) is 0.435. The number of benzene rings is 1. The van der Waals surface area contributed by atoms with Gasteiger partial charge in [-0.15, -0.1) is 0 Å². The molecule has 6 rings (SSSR count). The van der Waals surface area contributed by atoms with Crippen molar-refractivity contribution in [3.05, 3.63) is 41.4 Å². The predicted molar refractivity (Wildman–Crippen MR) is 124 cm³/mol. The maximum Gasteiger partial charge on any atom is 0.160 e. The number of nitrogens with zero attached hydrogens (tertiary/aromatic N) is 4. The van der Waals surface area contributed by atoms with Crippen LogP contribution in [-0.2, 0) is 4.74 Å². The molecule has 8 nitrogen and oxygen atoms in total. The molecule has 3 atom stereocenters. The lowest BCUT2D eigenvalue weighted by atomic mass is 10.1. The fourth-order valence-corrected chi connectivity index (χ4v) is 5.03. The molecule has 3 aliphatic rings. The molecule has 0 amide bonds. The molecule has 10 heteroatoms. The normalized spacial score (nSPS) is 24.1. The van der Waals surface area contributed by atoms with Gasteiger partial charge in [0.1, 0.15) is 29.2 Å². The molecular formula is C23H24ClFN6O2. The average molecular weight is 471 g/mol. The maximum absolute atomic E-state index is 14.9. The monoisotopic (exact) mass is 470 g/mol. The van der Waals surface area contributed by atoms with Gasteiger partial charge in [0, 0.05) is 43.8 Å². The SMILES string of the molecule is Fc1cc(OCC2CCOC2)c(Cl)cc1Nc1ncnc2ccc(N3C[C@@H]4C[C@H]3CN4)nc12. The second-order valence-corrected chi connectivity index (χ2v) is 9.24. The third kappa shape index (κ3) is 4.05. The van der Waals surface area contributed by atoms with Gasteiger partial charge in [-0.05, 0) is 31.0 Å². The first kappa shape index (κ1) is 20.8. The van der Waals surface area contributed by atoms with Crippen LogP contribution in [0, 0.1) is 11.7 Å². The largest absolute Gasteiger partial charge is 0.492 e. The molecule has 5 heterocycles. The number of halogens is 2. The zero-order valence-corrected chi connectivity index (χ0v) is 18.7. The molecular weight excluding hydrogens is 447 g/mol. The molecule has 3 aliphatic heterocycles. The summed E-state index contributed by atoms with van der Waals surface area (Å²) >= 11 is 6.39. The minimum atomic E-state index is -0.483. The Hall–Kier alpha value is -2.75. The van der Waals surface area contributed by atoms with Crippen LogP contribution in [0.2, 0.25) is 5.02 Å². The summed E-state index contributed by atoms with van der Waals surface area (Å²) in [4.78, 5) is 15.8. The Morgan fingerprint density at radius 3 is 3.03 bits per heavy atom. The van der Waals surface area contributed by atoms with E-state index in [2.05, 4.69) is 25.5 Å². The highest BCUT2D eigenvalue weighted by molar-refractivity contribution is 6.32. The molecule has 1 unspecified atom stereocenters. The van der Waals surface area contributed by atoms with Gasteiger partial charge in [-0.1, -0.05) is 11.6 Å². The van der Waals surface area contributed by atoms with Gasteiger partial charge in [-0.3, -0.25) is 0 Å². The van der Waals surface area contributed by atoms with Crippen LogP contribution in [0.1, 0.15) is 12.8 Å². The Morgan fingerprint density at radius 1 is 1.30 bits per heavy atom. The van der Waals surface area contributed by atoms with Gasteiger partial charge in [0.2, 0.25) is 0 Å². The van der Waals surface area contributed by atoms with Gasteiger partial charge >= 0.3 is 0 Å². The topological polar surface area (TPSA) is 84.4 Å². The third-order valence-electron chi connectivity index (χ3n) is 6.59. The van der Waals surface area contributed by atoms with E-state index in [4.69, 9.17) is 26.1 Å². The molecule has 3 saturated heterocycles. The van der Waals surface area contributed by atoms with Gasteiger partial charge in [0.25, 0.3) is 0 Å². The zero-order valence-electron chi connectivity index (χ0n) is 17.9. The van der Waals surface area contributed by atoms with Gasteiger partial charge in [0.05, 0.1) is 29.4 Å². The quantitative estimate of drug-likeness (QED) is 0.566. The Bertz CT molecular complexity index is 1190. The lowest BCUT2D eigenvalue weighted by Gasteiger charge is -2.28. The van der Waals surface area contributed by atoms with Crippen molar-refractivity contribution in [3.8, 4) is 5.75 Å². The van der Waals surface area contributed by atoms with Crippen molar-refractivity contribution < 1.29 is 13.9 Å². The number of nitrogens with one attached hydrogen (secondary N) is 2. The molecule has 172 valence electrons. The number of ether oxygens (including phenoxy) is 2. The van der Waals surface area contributed by atoms with E-state index in [1.165, 1.54) is 18.5 Å². The predicted octanol–water partition coefficient (Wildman–Crippen LogP) is 3.53. The van der Waals surface area contributed by atoms with Crippen molar-refractivity contribution in [3.63, 3.8) is 0 Å². The first-order valence-electron chi connectivity index (χ1n) is 11.2. The standard InChI is InChI=1S/C23H24ClFN6O2/c24-16-6-19(17(25)7-20(16)33-11-13-3-4-32-10-13)29-23-22-18(27-12-28-23)1-2-21(30-22)31-9-14-5-15(31)8-26-14/h1-2,6-7,12-15,26H,3-5,8-11H2,(H,27,28,29)/t13?,14-,15-/m0/s1. The van der Waals surface area contributed by atoms with Crippen molar-refractivity contribution in [2.24, 2.45) is 5.92 Å². The van der Waals surface area contributed by atoms with Crippen LogP contribution in [0.3, 0.4) is 0 Å². The number of anilines is 3. The third-order valence-corrected chi connectivity index (χ3v) is 6.89. The first-order valence-corrected chi connectivity index (χ1v) is 11.6.